The van der Waals surface area contributed by atoms with Gasteiger partial charge in [0.15, 0.2) is 5.82 Å². The molecule has 4 nitrogen and oxygen atoms in total. The second-order valence-corrected chi connectivity index (χ2v) is 4.42. The predicted molar refractivity (Wildman–Crippen MR) is 67.1 cm³/mol. The minimum atomic E-state index is -0.344. The number of nitrogen functional groups attached to an aromatic ring is 1. The fraction of sp³-hybridized carbons (Fsp3) is 0.0833. The van der Waals surface area contributed by atoms with Crippen molar-refractivity contribution in [2.75, 3.05) is 5.73 Å². The van der Waals surface area contributed by atoms with Gasteiger partial charge in [0.05, 0.1) is 11.6 Å². The van der Waals surface area contributed by atoms with Crippen molar-refractivity contribution < 1.29 is 4.39 Å². The van der Waals surface area contributed by atoms with E-state index in [0.717, 1.165) is 0 Å². The number of benzene rings is 1. The highest BCUT2D eigenvalue weighted by Crippen LogP contribution is 2.25. The molecule has 0 aliphatic carbocycles. The first kappa shape index (κ1) is 12.3. The number of aromatic nitrogens is 2. The highest BCUT2D eigenvalue weighted by Gasteiger charge is 2.07. The van der Waals surface area contributed by atoms with Gasteiger partial charge >= 0.3 is 0 Å². The van der Waals surface area contributed by atoms with Gasteiger partial charge < -0.3 is 5.73 Å². The molecule has 0 aliphatic rings. The lowest BCUT2D eigenvalue weighted by Gasteiger charge is -2.04. The van der Waals surface area contributed by atoms with E-state index in [-0.39, 0.29) is 5.82 Å². The van der Waals surface area contributed by atoms with Crippen LogP contribution in [0.4, 0.5) is 10.2 Å². The van der Waals surface area contributed by atoms with E-state index < -0.39 is 0 Å². The lowest BCUT2D eigenvalue weighted by Crippen LogP contribution is -1.96. The summed E-state index contributed by atoms with van der Waals surface area (Å²) in [6.45, 7) is 0. The van der Waals surface area contributed by atoms with Crippen LogP contribution in [-0.4, -0.2) is 9.97 Å². The van der Waals surface area contributed by atoms with Crippen LogP contribution < -0.4 is 5.73 Å². The molecule has 1 heterocycles. The Morgan fingerprint density at radius 2 is 2.11 bits per heavy atom. The quantitative estimate of drug-likeness (QED) is 0.857. The van der Waals surface area contributed by atoms with Gasteiger partial charge in [0.1, 0.15) is 10.8 Å². The number of rotatable bonds is 3. The number of hydrogen-bond acceptors (Lipinski definition) is 5. The summed E-state index contributed by atoms with van der Waals surface area (Å²) in [6.07, 6.45) is 3.02. The molecule has 90 valence electrons. The van der Waals surface area contributed by atoms with Crippen molar-refractivity contribution in [3.05, 3.63) is 47.5 Å². The summed E-state index contributed by atoms with van der Waals surface area (Å²) in [5.41, 5.74) is 6.52. The van der Waals surface area contributed by atoms with E-state index in [4.69, 9.17) is 11.0 Å². The maximum Gasteiger partial charge on any atom is 0.156 e. The molecule has 2 aromatic rings. The Kier molecular flexibility index (Phi) is 3.75. The Labute approximate surface area is 108 Å². The lowest BCUT2D eigenvalue weighted by atomic mass is 10.1. The fourth-order valence-electron chi connectivity index (χ4n) is 1.35. The molecule has 2 rings (SSSR count). The largest absolute Gasteiger partial charge is 0.381 e. The number of nitriles is 1. The molecule has 0 radical (unpaired) electrons. The van der Waals surface area contributed by atoms with Gasteiger partial charge in [-0.1, -0.05) is 11.8 Å². The average molecular weight is 260 g/mol. The molecule has 0 aliphatic heterocycles. The summed E-state index contributed by atoms with van der Waals surface area (Å²) in [5.74, 6) is 0.327. The van der Waals surface area contributed by atoms with E-state index in [1.54, 1.807) is 0 Å². The Balaban J connectivity index is 2.16. The van der Waals surface area contributed by atoms with Crippen molar-refractivity contribution >= 4 is 17.6 Å². The standard InChI is InChI=1S/C12H9FN4S/c13-10-2-1-8(6-14)5-9(10)7-18-12-11(15)16-3-4-17-12/h1-5H,7H2,(H2,15,16). The number of nitrogens with two attached hydrogens (primary N) is 1. The SMILES string of the molecule is N#Cc1ccc(F)c(CSc2nccnc2N)c1. The maximum atomic E-state index is 13.5. The smallest absolute Gasteiger partial charge is 0.156 e. The predicted octanol–water partition coefficient (Wildman–Crippen LogP) is 2.36. The normalized spacial score (nSPS) is 10.0. The van der Waals surface area contributed by atoms with Crippen LogP contribution in [0.25, 0.3) is 0 Å². The third-order valence-corrected chi connectivity index (χ3v) is 3.27. The summed E-state index contributed by atoms with van der Waals surface area (Å²) >= 11 is 1.29. The second kappa shape index (κ2) is 5.47. The van der Waals surface area contributed by atoms with E-state index in [1.807, 2.05) is 6.07 Å². The highest BCUT2D eigenvalue weighted by atomic mass is 32.2. The van der Waals surface area contributed by atoms with Crippen molar-refractivity contribution in [3.63, 3.8) is 0 Å². The second-order valence-electron chi connectivity index (χ2n) is 3.45. The molecule has 6 heteroatoms. The number of hydrogen-bond donors (Lipinski definition) is 1. The van der Waals surface area contributed by atoms with Gasteiger partial charge in [-0.25, -0.2) is 14.4 Å². The molecule has 1 aromatic heterocycles. The molecule has 0 fully saturated rings. The van der Waals surface area contributed by atoms with E-state index in [9.17, 15) is 4.39 Å². The van der Waals surface area contributed by atoms with Gasteiger partial charge in [0.25, 0.3) is 0 Å². The van der Waals surface area contributed by atoms with Crippen LogP contribution in [0.5, 0.6) is 0 Å². The fourth-order valence-corrected chi connectivity index (χ4v) is 2.20. The molecule has 0 atom stereocenters. The zero-order chi connectivity index (χ0) is 13.0. The number of halogens is 1. The zero-order valence-electron chi connectivity index (χ0n) is 9.30. The molecular weight excluding hydrogens is 251 g/mol. The minimum Gasteiger partial charge on any atom is -0.381 e. The number of nitrogens with zero attached hydrogens (tertiary/aromatic N) is 3. The van der Waals surface area contributed by atoms with E-state index in [0.29, 0.717) is 27.7 Å². The molecule has 0 bridgehead atoms. The van der Waals surface area contributed by atoms with Gasteiger partial charge in [-0.3, -0.25) is 0 Å². The van der Waals surface area contributed by atoms with E-state index in [2.05, 4.69) is 9.97 Å². The summed E-state index contributed by atoms with van der Waals surface area (Å²) in [5, 5.41) is 9.32. The Morgan fingerprint density at radius 1 is 1.33 bits per heavy atom. The van der Waals surface area contributed by atoms with Crippen LogP contribution >= 0.6 is 11.8 Å². The van der Waals surface area contributed by atoms with Crippen LogP contribution in [0, 0.1) is 17.1 Å². The summed E-state index contributed by atoms with van der Waals surface area (Å²) in [7, 11) is 0. The van der Waals surface area contributed by atoms with Crippen LogP contribution in [-0.2, 0) is 5.75 Å². The van der Waals surface area contributed by atoms with Crippen molar-refractivity contribution in [2.45, 2.75) is 10.8 Å². The van der Waals surface area contributed by atoms with Crippen molar-refractivity contribution in [2.24, 2.45) is 0 Å². The molecule has 0 unspecified atom stereocenters. The third kappa shape index (κ3) is 2.76. The summed E-state index contributed by atoms with van der Waals surface area (Å²) in [6, 6.07) is 6.23. The lowest BCUT2D eigenvalue weighted by molar-refractivity contribution is 0.617. The van der Waals surface area contributed by atoms with E-state index >= 15 is 0 Å². The molecule has 0 spiro atoms. The Bertz CT molecular complexity index is 609. The molecule has 0 saturated heterocycles. The van der Waals surface area contributed by atoms with Gasteiger partial charge in [-0.05, 0) is 23.8 Å². The Hall–Kier alpha value is -2.13. The molecule has 0 saturated carbocycles. The van der Waals surface area contributed by atoms with Crippen molar-refractivity contribution in [1.29, 1.82) is 5.26 Å². The average Bonchev–Trinajstić information content (AvgIpc) is 2.39. The van der Waals surface area contributed by atoms with Gasteiger partial charge in [0.2, 0.25) is 0 Å². The summed E-state index contributed by atoms with van der Waals surface area (Å²) < 4.78 is 13.5. The van der Waals surface area contributed by atoms with Crippen LogP contribution in [0.15, 0.2) is 35.6 Å². The molecule has 2 N–H and O–H groups in total. The minimum absolute atomic E-state index is 0.319. The first-order chi connectivity index (χ1) is 8.70. The number of anilines is 1. The first-order valence-electron chi connectivity index (χ1n) is 5.08. The monoisotopic (exact) mass is 260 g/mol. The van der Waals surface area contributed by atoms with Gasteiger partial charge in [0, 0.05) is 18.1 Å². The van der Waals surface area contributed by atoms with Gasteiger partial charge in [-0.2, -0.15) is 5.26 Å². The van der Waals surface area contributed by atoms with Crippen LogP contribution in [0.2, 0.25) is 0 Å². The van der Waals surface area contributed by atoms with Gasteiger partial charge in [-0.15, -0.1) is 0 Å². The Morgan fingerprint density at radius 3 is 2.83 bits per heavy atom. The maximum absolute atomic E-state index is 13.5. The molecule has 18 heavy (non-hydrogen) atoms. The third-order valence-electron chi connectivity index (χ3n) is 2.23. The highest BCUT2D eigenvalue weighted by molar-refractivity contribution is 7.98. The van der Waals surface area contributed by atoms with Crippen LogP contribution in [0.3, 0.4) is 0 Å². The van der Waals surface area contributed by atoms with Crippen molar-refractivity contribution in [1.82, 2.24) is 9.97 Å². The topological polar surface area (TPSA) is 75.6 Å². The molecular formula is C12H9FN4S. The number of thioether (sulfide) groups is 1. The molecule has 0 amide bonds. The first-order valence-corrected chi connectivity index (χ1v) is 6.07. The van der Waals surface area contributed by atoms with E-state index in [1.165, 1.54) is 42.4 Å². The molecule has 1 aromatic carbocycles. The van der Waals surface area contributed by atoms with Crippen LogP contribution in [0.1, 0.15) is 11.1 Å². The zero-order valence-corrected chi connectivity index (χ0v) is 10.1. The summed E-state index contributed by atoms with van der Waals surface area (Å²) in [4.78, 5) is 7.95. The van der Waals surface area contributed by atoms with Crippen molar-refractivity contribution in [3.8, 4) is 6.07 Å².